The van der Waals surface area contributed by atoms with Crippen molar-refractivity contribution >= 4 is 27.3 Å². The molecule has 6 heteroatoms. The summed E-state index contributed by atoms with van der Waals surface area (Å²) in [6.07, 6.45) is 4.91. The van der Waals surface area contributed by atoms with Crippen molar-refractivity contribution in [3.63, 3.8) is 0 Å². The van der Waals surface area contributed by atoms with Crippen LogP contribution in [0.3, 0.4) is 0 Å². The average Bonchev–Trinajstić information content (AvgIpc) is 2.40. The number of aryl methyl sites for hydroxylation is 1. The maximum absolute atomic E-state index is 10.9. The van der Waals surface area contributed by atoms with Crippen LogP contribution < -0.4 is 5.32 Å². The summed E-state index contributed by atoms with van der Waals surface area (Å²) < 4.78 is 0.647. The van der Waals surface area contributed by atoms with E-state index in [-0.39, 0.29) is 5.69 Å². The number of hydrogen-bond donors (Lipinski definition) is 2. The van der Waals surface area contributed by atoms with Gasteiger partial charge in [0.15, 0.2) is 0 Å². The molecule has 0 aliphatic heterocycles. The maximum atomic E-state index is 10.9. The lowest BCUT2D eigenvalue weighted by molar-refractivity contribution is -0.385. The van der Waals surface area contributed by atoms with Crippen molar-refractivity contribution in [2.24, 2.45) is 0 Å². The molecule has 1 aliphatic carbocycles. The quantitative estimate of drug-likeness (QED) is 0.645. The Kier molecular flexibility index (Phi) is 4.65. The number of halogens is 1. The molecule has 0 aromatic heterocycles. The van der Waals surface area contributed by atoms with Crippen LogP contribution >= 0.6 is 15.9 Å². The third kappa shape index (κ3) is 3.49. The summed E-state index contributed by atoms with van der Waals surface area (Å²) >= 11 is 3.34. The molecular weight excluding hydrogens is 324 g/mol. The second-order valence-electron chi connectivity index (χ2n) is 5.51. The number of hydrogen-bond acceptors (Lipinski definition) is 4. The Morgan fingerprint density at radius 1 is 1.40 bits per heavy atom. The first kappa shape index (κ1) is 15.3. The molecule has 2 rings (SSSR count). The van der Waals surface area contributed by atoms with Crippen LogP contribution in [0.5, 0.6) is 0 Å². The van der Waals surface area contributed by atoms with Gasteiger partial charge in [0.2, 0.25) is 0 Å². The number of rotatable bonds is 4. The van der Waals surface area contributed by atoms with E-state index in [0.717, 1.165) is 31.4 Å². The van der Waals surface area contributed by atoms with E-state index in [1.807, 2.05) is 0 Å². The number of anilines is 1. The first-order valence-electron chi connectivity index (χ1n) is 6.82. The lowest BCUT2D eigenvalue weighted by Crippen LogP contribution is -2.38. The highest BCUT2D eigenvalue weighted by Gasteiger charge is 2.29. The van der Waals surface area contributed by atoms with Crippen LogP contribution in [-0.4, -0.2) is 22.2 Å². The fourth-order valence-corrected chi connectivity index (χ4v) is 3.12. The number of nitro benzene ring substituents is 1. The Labute approximate surface area is 126 Å². The highest BCUT2D eigenvalue weighted by molar-refractivity contribution is 9.10. The van der Waals surface area contributed by atoms with E-state index in [0.29, 0.717) is 16.6 Å². The van der Waals surface area contributed by atoms with Crippen LogP contribution in [0.1, 0.15) is 37.7 Å². The van der Waals surface area contributed by atoms with Gasteiger partial charge in [-0.3, -0.25) is 10.1 Å². The average molecular weight is 343 g/mol. The summed E-state index contributed by atoms with van der Waals surface area (Å²) in [5.74, 6) is 0. The van der Waals surface area contributed by atoms with Crippen LogP contribution in [0.2, 0.25) is 0 Å². The van der Waals surface area contributed by atoms with E-state index in [4.69, 9.17) is 0 Å². The lowest BCUT2D eigenvalue weighted by Gasteiger charge is -2.32. The number of nitro groups is 1. The van der Waals surface area contributed by atoms with Crippen LogP contribution in [-0.2, 0) is 0 Å². The van der Waals surface area contributed by atoms with E-state index < -0.39 is 10.5 Å². The van der Waals surface area contributed by atoms with Crippen LogP contribution in [0.25, 0.3) is 0 Å². The molecule has 110 valence electrons. The predicted molar refractivity (Wildman–Crippen MR) is 82.1 cm³/mol. The molecule has 1 aliphatic rings. The van der Waals surface area contributed by atoms with Gasteiger partial charge >= 0.3 is 0 Å². The lowest BCUT2D eigenvalue weighted by atomic mass is 9.85. The largest absolute Gasteiger partial charge is 0.388 e. The molecule has 0 atom stereocenters. The molecule has 0 heterocycles. The summed E-state index contributed by atoms with van der Waals surface area (Å²) in [5.41, 5.74) is 0.829. The van der Waals surface area contributed by atoms with Crippen molar-refractivity contribution in [3.8, 4) is 0 Å². The molecule has 0 saturated heterocycles. The highest BCUT2D eigenvalue weighted by atomic mass is 79.9. The van der Waals surface area contributed by atoms with E-state index in [9.17, 15) is 15.2 Å². The Hall–Kier alpha value is -1.14. The Bertz CT molecular complexity index is 513. The fraction of sp³-hybridized carbons (Fsp3) is 0.571. The van der Waals surface area contributed by atoms with Gasteiger partial charge in [-0.05, 0) is 41.8 Å². The second-order valence-corrected chi connectivity index (χ2v) is 6.37. The number of benzene rings is 1. The Balaban J connectivity index is 2.10. The van der Waals surface area contributed by atoms with Gasteiger partial charge < -0.3 is 10.4 Å². The third-order valence-corrected chi connectivity index (χ3v) is 4.53. The Morgan fingerprint density at radius 2 is 2.05 bits per heavy atom. The van der Waals surface area contributed by atoms with E-state index in [1.54, 1.807) is 13.0 Å². The zero-order valence-corrected chi connectivity index (χ0v) is 13.1. The molecular formula is C14H19BrN2O3. The molecule has 0 amide bonds. The maximum Gasteiger partial charge on any atom is 0.273 e. The molecule has 0 bridgehead atoms. The highest BCUT2D eigenvalue weighted by Crippen LogP contribution is 2.33. The van der Waals surface area contributed by atoms with Crippen LogP contribution in [0.4, 0.5) is 11.4 Å². The van der Waals surface area contributed by atoms with Gasteiger partial charge in [-0.1, -0.05) is 19.3 Å². The zero-order valence-electron chi connectivity index (χ0n) is 11.5. The van der Waals surface area contributed by atoms with Crippen LogP contribution in [0, 0.1) is 17.0 Å². The van der Waals surface area contributed by atoms with Gasteiger partial charge in [0.05, 0.1) is 10.5 Å². The van der Waals surface area contributed by atoms with Crippen molar-refractivity contribution in [2.45, 2.75) is 44.6 Å². The summed E-state index contributed by atoms with van der Waals surface area (Å²) in [6, 6.07) is 3.25. The first-order chi connectivity index (χ1) is 9.41. The molecule has 0 unspecified atom stereocenters. The van der Waals surface area contributed by atoms with Gasteiger partial charge in [-0.25, -0.2) is 0 Å². The second kappa shape index (κ2) is 6.10. The zero-order chi connectivity index (χ0) is 14.8. The van der Waals surface area contributed by atoms with Gasteiger partial charge in [0.1, 0.15) is 0 Å². The monoisotopic (exact) mass is 342 g/mol. The molecule has 1 saturated carbocycles. The van der Waals surface area contributed by atoms with E-state index in [1.165, 1.54) is 12.5 Å². The van der Waals surface area contributed by atoms with Crippen molar-refractivity contribution < 1.29 is 10.0 Å². The molecule has 0 spiro atoms. The van der Waals surface area contributed by atoms with Crippen molar-refractivity contribution in [1.82, 2.24) is 0 Å². The normalized spacial score (nSPS) is 17.8. The first-order valence-corrected chi connectivity index (χ1v) is 7.61. The van der Waals surface area contributed by atoms with Gasteiger partial charge in [0.25, 0.3) is 5.69 Å². The number of aliphatic hydroxyl groups is 1. The van der Waals surface area contributed by atoms with Gasteiger partial charge in [-0.2, -0.15) is 0 Å². The summed E-state index contributed by atoms with van der Waals surface area (Å²) in [7, 11) is 0. The SMILES string of the molecule is Cc1cc(NCC2(O)CCCCC2)c(Br)cc1[N+](=O)[O-]. The summed E-state index contributed by atoms with van der Waals surface area (Å²) in [6.45, 7) is 2.19. The van der Waals surface area contributed by atoms with Crippen molar-refractivity contribution in [2.75, 3.05) is 11.9 Å². The molecule has 20 heavy (non-hydrogen) atoms. The molecule has 5 nitrogen and oxygen atoms in total. The van der Waals surface area contributed by atoms with Gasteiger partial charge in [-0.15, -0.1) is 0 Å². The van der Waals surface area contributed by atoms with Crippen molar-refractivity contribution in [1.29, 1.82) is 0 Å². The van der Waals surface area contributed by atoms with Gasteiger partial charge in [0, 0.05) is 28.3 Å². The minimum atomic E-state index is -0.659. The third-order valence-electron chi connectivity index (χ3n) is 3.87. The summed E-state index contributed by atoms with van der Waals surface area (Å²) in [4.78, 5) is 10.5. The molecule has 2 N–H and O–H groups in total. The smallest absolute Gasteiger partial charge is 0.273 e. The standard InChI is InChI=1S/C14H19BrN2O3/c1-10-7-12(11(15)8-13(10)17(19)20)16-9-14(18)5-3-2-4-6-14/h7-8,16,18H,2-6,9H2,1H3. The molecule has 0 radical (unpaired) electrons. The minimum Gasteiger partial charge on any atom is -0.388 e. The fourth-order valence-electron chi connectivity index (χ4n) is 2.65. The molecule has 1 fully saturated rings. The van der Waals surface area contributed by atoms with E-state index in [2.05, 4.69) is 21.2 Å². The predicted octanol–water partition coefficient (Wildman–Crippen LogP) is 3.77. The van der Waals surface area contributed by atoms with Crippen molar-refractivity contribution in [3.05, 3.63) is 32.3 Å². The van der Waals surface area contributed by atoms with E-state index >= 15 is 0 Å². The summed E-state index contributed by atoms with van der Waals surface area (Å²) in [5, 5.41) is 24.5. The number of nitrogens with one attached hydrogen (secondary N) is 1. The number of nitrogens with zero attached hydrogens (tertiary/aromatic N) is 1. The Morgan fingerprint density at radius 3 is 2.65 bits per heavy atom. The molecule has 1 aromatic carbocycles. The minimum absolute atomic E-state index is 0.0961. The molecule has 1 aromatic rings. The topological polar surface area (TPSA) is 75.4 Å². The van der Waals surface area contributed by atoms with Crippen LogP contribution in [0.15, 0.2) is 16.6 Å².